The maximum atomic E-state index is 12.8. The summed E-state index contributed by atoms with van der Waals surface area (Å²) in [5.41, 5.74) is 0.759. The minimum absolute atomic E-state index is 0.0251. The van der Waals surface area contributed by atoms with Crippen LogP contribution in [0.4, 0.5) is 13.2 Å². The Morgan fingerprint density at radius 2 is 2.00 bits per heavy atom. The summed E-state index contributed by atoms with van der Waals surface area (Å²) in [7, 11) is -1.83. The third kappa shape index (κ3) is 9.42. The molecule has 1 heterocycles. The molecule has 1 saturated heterocycles. The van der Waals surface area contributed by atoms with Crippen molar-refractivity contribution in [2.75, 3.05) is 32.8 Å². The molecule has 0 spiro atoms. The monoisotopic (exact) mass is 483 g/mol. The zero-order valence-electron chi connectivity index (χ0n) is 18.7. The van der Waals surface area contributed by atoms with Crippen molar-refractivity contribution in [1.82, 2.24) is 10.2 Å². The molecule has 1 aliphatic rings. The average molecular weight is 483 g/mol. The number of ether oxygens (including phenoxy) is 1. The van der Waals surface area contributed by atoms with Crippen LogP contribution in [0.1, 0.15) is 24.8 Å². The Morgan fingerprint density at radius 1 is 1.29 bits per heavy atom. The highest BCUT2D eigenvalue weighted by Crippen LogP contribution is 2.22. The second kappa shape index (κ2) is 13.4. The number of likely N-dealkylation sites (tertiary alicyclic amines) is 1. The lowest BCUT2D eigenvalue weighted by Crippen LogP contribution is -2.47. The molecule has 3 N–H and O–H groups in total. The van der Waals surface area contributed by atoms with E-state index >= 15 is 0 Å². The molecule has 1 amide bonds. The number of rotatable bonds is 13. The van der Waals surface area contributed by atoms with Gasteiger partial charge in [0.1, 0.15) is 0 Å². The Hall–Kier alpha value is -2.46. The van der Waals surface area contributed by atoms with Gasteiger partial charge < -0.3 is 24.5 Å². The van der Waals surface area contributed by atoms with Gasteiger partial charge in [0.25, 0.3) is 6.54 Å². The maximum absolute atomic E-state index is 12.8. The fourth-order valence-corrected chi connectivity index (χ4v) is 3.92. The van der Waals surface area contributed by atoms with Crippen LogP contribution in [-0.4, -0.2) is 84.9 Å². The summed E-state index contributed by atoms with van der Waals surface area (Å²) in [5, 5.41) is 21.6. The van der Waals surface area contributed by atoms with E-state index in [4.69, 9.17) is 11.3 Å². The van der Waals surface area contributed by atoms with E-state index < -0.39 is 37.5 Å². The second-order valence-electron chi connectivity index (χ2n) is 8.32. The predicted molar refractivity (Wildman–Crippen MR) is 119 cm³/mol. The molecule has 0 radical (unpaired) electrons. The van der Waals surface area contributed by atoms with Gasteiger partial charge in [-0.3, -0.25) is 14.9 Å². The lowest BCUT2D eigenvalue weighted by atomic mass is 9.66. The highest BCUT2D eigenvalue weighted by atomic mass is 19.4. The van der Waals surface area contributed by atoms with Gasteiger partial charge in [-0.15, -0.1) is 0 Å². The molecular formula is C22H29BF3N3O5. The number of carbonyl (C=O) groups excluding carboxylic acids is 2. The van der Waals surface area contributed by atoms with Crippen LogP contribution in [0.25, 0.3) is 4.85 Å². The molecule has 1 aliphatic heterocycles. The Bertz CT molecular complexity index is 835. The number of carbonyl (C=O) groups is 2. The topological polar surface area (TPSA) is 103 Å². The van der Waals surface area contributed by atoms with Gasteiger partial charge in [-0.25, -0.2) is 6.57 Å². The summed E-state index contributed by atoms with van der Waals surface area (Å²) in [6, 6.07) is 7.19. The fourth-order valence-electron chi connectivity index (χ4n) is 3.92. The highest BCUT2D eigenvalue weighted by Gasteiger charge is 2.34. The first-order valence-electron chi connectivity index (χ1n) is 11.0. The first kappa shape index (κ1) is 27.8. The smallest absolute Gasteiger partial charge is 0.427 e. The highest BCUT2D eigenvalue weighted by molar-refractivity contribution is 6.43. The molecule has 0 aliphatic carbocycles. The van der Waals surface area contributed by atoms with Gasteiger partial charge in [-0.05, 0) is 24.8 Å². The van der Waals surface area contributed by atoms with Crippen LogP contribution in [0.15, 0.2) is 30.3 Å². The molecule has 3 atom stereocenters. The average Bonchev–Trinajstić information content (AvgIpc) is 3.24. The lowest BCUT2D eigenvalue weighted by molar-refractivity contribution is -0.135. The van der Waals surface area contributed by atoms with E-state index in [0.29, 0.717) is 13.0 Å². The molecule has 0 saturated carbocycles. The number of benzene rings is 1. The van der Waals surface area contributed by atoms with Crippen LogP contribution < -0.4 is 5.32 Å². The molecule has 2 rings (SSSR count). The van der Waals surface area contributed by atoms with Crippen molar-refractivity contribution in [2.45, 2.75) is 49.8 Å². The molecule has 34 heavy (non-hydrogen) atoms. The van der Waals surface area contributed by atoms with Crippen LogP contribution in [0.3, 0.4) is 0 Å². The van der Waals surface area contributed by atoms with Gasteiger partial charge in [0.2, 0.25) is 0 Å². The molecule has 1 fully saturated rings. The van der Waals surface area contributed by atoms with Crippen LogP contribution in [-0.2, 0) is 20.7 Å². The van der Waals surface area contributed by atoms with Crippen molar-refractivity contribution in [1.29, 1.82) is 0 Å². The van der Waals surface area contributed by atoms with Crippen LogP contribution in [0.5, 0.6) is 0 Å². The SMILES string of the molecule is [C-]#[N+]CC(=O)N1CCC[C@@H]1COC[C@H](NCC(F)(F)F)C(=O)C[C@@H](Cc1ccccc1)B(O)O. The van der Waals surface area contributed by atoms with Gasteiger partial charge in [0.15, 0.2) is 5.78 Å². The summed E-state index contributed by atoms with van der Waals surface area (Å²) in [5.74, 6) is -1.86. The number of hydrogen-bond acceptors (Lipinski definition) is 6. The molecule has 1 aromatic rings. The molecule has 12 heteroatoms. The largest absolute Gasteiger partial charge is 0.455 e. The zero-order chi connectivity index (χ0) is 25.1. The van der Waals surface area contributed by atoms with Gasteiger partial charge in [0, 0.05) is 18.8 Å². The Kier molecular flexibility index (Phi) is 11.0. The van der Waals surface area contributed by atoms with Gasteiger partial charge in [-0.1, -0.05) is 30.3 Å². The number of nitrogens with one attached hydrogen (secondary N) is 1. The van der Waals surface area contributed by atoms with E-state index in [1.54, 1.807) is 30.3 Å². The molecule has 8 nitrogen and oxygen atoms in total. The zero-order valence-corrected chi connectivity index (χ0v) is 18.7. The van der Waals surface area contributed by atoms with Gasteiger partial charge in [-0.2, -0.15) is 13.2 Å². The van der Waals surface area contributed by atoms with E-state index in [0.717, 1.165) is 12.0 Å². The van der Waals surface area contributed by atoms with Crippen LogP contribution in [0.2, 0.25) is 5.82 Å². The third-order valence-corrected chi connectivity index (χ3v) is 5.67. The summed E-state index contributed by atoms with van der Waals surface area (Å²) < 4.78 is 43.9. The Balaban J connectivity index is 1.99. The fraction of sp³-hybridized carbons (Fsp3) is 0.591. The van der Waals surface area contributed by atoms with Crippen molar-refractivity contribution in [3.05, 3.63) is 47.3 Å². The van der Waals surface area contributed by atoms with Crippen molar-refractivity contribution in [3.8, 4) is 0 Å². The number of nitrogens with zero attached hydrogens (tertiary/aromatic N) is 2. The minimum atomic E-state index is -4.55. The third-order valence-electron chi connectivity index (χ3n) is 5.67. The lowest BCUT2D eigenvalue weighted by Gasteiger charge is -2.25. The van der Waals surface area contributed by atoms with E-state index in [1.165, 1.54) is 4.90 Å². The Morgan fingerprint density at radius 3 is 2.62 bits per heavy atom. The Labute approximate surface area is 197 Å². The van der Waals surface area contributed by atoms with E-state index in [1.807, 2.05) is 0 Å². The number of ketones is 1. The quantitative estimate of drug-likeness (QED) is 0.290. The van der Waals surface area contributed by atoms with Gasteiger partial charge in [0.05, 0.1) is 31.8 Å². The van der Waals surface area contributed by atoms with Crippen LogP contribution >= 0.6 is 0 Å². The van der Waals surface area contributed by atoms with E-state index in [9.17, 15) is 32.8 Å². The van der Waals surface area contributed by atoms with Crippen LogP contribution in [0, 0.1) is 6.57 Å². The standard InChI is InChI=1S/C22H29BF3N3O5/c1-27-12-21(31)29-9-5-8-18(29)13-34-14-19(28-15-22(24,25)26)20(30)11-17(23(32)33)10-16-6-3-2-4-7-16/h2-4,6-7,17-19,28,32-33H,5,8-15H2/t17-,18-,19+/m1/s1. The maximum Gasteiger partial charge on any atom is 0.455 e. The van der Waals surface area contributed by atoms with Crippen molar-refractivity contribution >= 4 is 18.8 Å². The van der Waals surface area contributed by atoms with Gasteiger partial charge >= 0.3 is 19.2 Å². The number of halogens is 3. The summed E-state index contributed by atoms with van der Waals surface area (Å²) in [4.78, 5) is 29.5. The number of hydrogen-bond donors (Lipinski definition) is 3. The first-order chi connectivity index (χ1) is 16.1. The summed E-state index contributed by atoms with van der Waals surface area (Å²) in [6.07, 6.45) is -3.38. The molecular weight excluding hydrogens is 454 g/mol. The minimum Gasteiger partial charge on any atom is -0.427 e. The number of Topliss-reactive ketones (excluding diaryl/α,β-unsaturated/α-hetero) is 1. The van der Waals surface area contributed by atoms with E-state index in [-0.39, 0.29) is 44.5 Å². The van der Waals surface area contributed by atoms with E-state index in [2.05, 4.69) is 10.2 Å². The normalized spacial score (nSPS) is 17.8. The molecule has 186 valence electrons. The van der Waals surface area contributed by atoms with Crippen molar-refractivity contribution in [3.63, 3.8) is 0 Å². The molecule has 0 bridgehead atoms. The summed E-state index contributed by atoms with van der Waals surface area (Å²) in [6.45, 7) is 5.28. The second-order valence-corrected chi connectivity index (χ2v) is 8.32. The van der Waals surface area contributed by atoms with Crippen molar-refractivity contribution < 1.29 is 37.5 Å². The van der Waals surface area contributed by atoms with Crippen molar-refractivity contribution in [2.24, 2.45) is 0 Å². The molecule has 1 aromatic carbocycles. The first-order valence-corrected chi connectivity index (χ1v) is 11.0. The predicted octanol–water partition coefficient (Wildman–Crippen LogP) is 1.48. The molecule has 0 aromatic heterocycles. The number of alkyl halides is 3. The summed E-state index contributed by atoms with van der Waals surface area (Å²) >= 11 is 0. The number of amides is 1. The molecule has 0 unspecified atom stereocenters.